The molecule has 1 atom stereocenters. The summed E-state index contributed by atoms with van der Waals surface area (Å²) >= 11 is 0. The molecular weight excluding hydrogens is 254 g/mol. The minimum atomic E-state index is -0.607. The Hall–Kier alpha value is -0.610. The number of carbonyl (C=O) groups excluding carboxylic acids is 1. The van der Waals surface area contributed by atoms with Gasteiger partial charge < -0.3 is 9.47 Å². The maximum absolute atomic E-state index is 12.1. The van der Waals surface area contributed by atoms with Crippen molar-refractivity contribution in [3.8, 4) is 0 Å². The molecule has 4 nitrogen and oxygen atoms in total. The van der Waals surface area contributed by atoms with Crippen molar-refractivity contribution >= 4 is 5.97 Å². The van der Waals surface area contributed by atoms with Crippen molar-refractivity contribution in [1.29, 1.82) is 0 Å². The Balaban J connectivity index is 2.25. The molecule has 0 radical (unpaired) electrons. The zero-order valence-electron chi connectivity index (χ0n) is 13.5. The van der Waals surface area contributed by atoms with Crippen LogP contribution in [0.25, 0.3) is 0 Å². The first-order valence-electron chi connectivity index (χ1n) is 8.00. The lowest BCUT2D eigenvalue weighted by atomic mass is 9.95. The van der Waals surface area contributed by atoms with Crippen LogP contribution in [-0.4, -0.2) is 37.4 Å². The van der Waals surface area contributed by atoms with E-state index in [1.807, 2.05) is 27.7 Å². The molecule has 0 aromatic rings. The lowest BCUT2D eigenvalue weighted by Crippen LogP contribution is -2.53. The van der Waals surface area contributed by atoms with Crippen LogP contribution >= 0.6 is 0 Å². The van der Waals surface area contributed by atoms with Gasteiger partial charge in [0.05, 0.1) is 6.61 Å². The number of ether oxygens (including phenoxy) is 2. The summed E-state index contributed by atoms with van der Waals surface area (Å²) in [5, 5.41) is 3.33. The SMILES string of the molecule is CCOC(=O)C(C)(CCCOCCC1CC1)NC(C)C. The van der Waals surface area contributed by atoms with E-state index in [1.54, 1.807) is 0 Å². The van der Waals surface area contributed by atoms with Crippen LogP contribution in [0.2, 0.25) is 0 Å². The van der Waals surface area contributed by atoms with E-state index in [1.165, 1.54) is 19.3 Å². The van der Waals surface area contributed by atoms with Gasteiger partial charge >= 0.3 is 5.97 Å². The lowest BCUT2D eigenvalue weighted by Gasteiger charge is -2.30. The molecule has 1 saturated carbocycles. The van der Waals surface area contributed by atoms with Crippen LogP contribution in [0.4, 0.5) is 0 Å². The number of nitrogens with one attached hydrogen (secondary N) is 1. The summed E-state index contributed by atoms with van der Waals surface area (Å²) in [5.41, 5.74) is -0.607. The van der Waals surface area contributed by atoms with Crippen LogP contribution in [0.5, 0.6) is 0 Å². The molecule has 1 N–H and O–H groups in total. The van der Waals surface area contributed by atoms with Crippen LogP contribution in [0.3, 0.4) is 0 Å². The van der Waals surface area contributed by atoms with Crippen LogP contribution in [0.15, 0.2) is 0 Å². The van der Waals surface area contributed by atoms with Gasteiger partial charge in [0.1, 0.15) is 5.54 Å². The van der Waals surface area contributed by atoms with E-state index in [4.69, 9.17) is 9.47 Å². The fourth-order valence-corrected chi connectivity index (χ4v) is 2.45. The normalized spacial score (nSPS) is 18.1. The standard InChI is InChI=1S/C16H31NO3/c1-5-20-15(18)16(4,17-13(2)3)10-6-11-19-12-9-14-7-8-14/h13-14,17H,5-12H2,1-4H3. The molecule has 1 aliphatic carbocycles. The molecule has 0 amide bonds. The highest BCUT2D eigenvalue weighted by Gasteiger charge is 2.34. The number of rotatable bonds is 11. The third-order valence-corrected chi connectivity index (χ3v) is 3.67. The number of carbonyl (C=O) groups is 1. The van der Waals surface area contributed by atoms with Crippen LogP contribution < -0.4 is 5.32 Å². The molecule has 0 saturated heterocycles. The van der Waals surface area contributed by atoms with Gasteiger partial charge in [-0.1, -0.05) is 12.8 Å². The summed E-state index contributed by atoms with van der Waals surface area (Å²) in [7, 11) is 0. The highest BCUT2D eigenvalue weighted by molar-refractivity contribution is 5.80. The molecule has 0 spiro atoms. The fraction of sp³-hybridized carbons (Fsp3) is 0.938. The molecule has 20 heavy (non-hydrogen) atoms. The summed E-state index contributed by atoms with van der Waals surface area (Å²) in [4.78, 5) is 12.1. The molecule has 0 aromatic carbocycles. The van der Waals surface area contributed by atoms with E-state index in [2.05, 4.69) is 5.32 Å². The van der Waals surface area contributed by atoms with Gasteiger partial charge in [-0.05, 0) is 52.9 Å². The fourth-order valence-electron chi connectivity index (χ4n) is 2.45. The predicted octanol–water partition coefficient (Wildman–Crippen LogP) is 2.90. The molecule has 0 bridgehead atoms. The van der Waals surface area contributed by atoms with Crippen molar-refractivity contribution in [2.24, 2.45) is 5.92 Å². The summed E-state index contributed by atoms with van der Waals surface area (Å²) in [5.74, 6) is 0.758. The van der Waals surface area contributed by atoms with Crippen LogP contribution in [0.1, 0.15) is 59.8 Å². The number of esters is 1. The largest absolute Gasteiger partial charge is 0.465 e. The average Bonchev–Trinajstić information content (AvgIpc) is 3.17. The maximum Gasteiger partial charge on any atom is 0.326 e. The van der Waals surface area contributed by atoms with Gasteiger partial charge in [-0.25, -0.2) is 0 Å². The maximum atomic E-state index is 12.1. The molecule has 1 rings (SSSR count). The lowest BCUT2D eigenvalue weighted by molar-refractivity contribution is -0.151. The highest BCUT2D eigenvalue weighted by atomic mass is 16.5. The molecule has 118 valence electrons. The van der Waals surface area contributed by atoms with Gasteiger partial charge in [-0.15, -0.1) is 0 Å². The molecule has 4 heteroatoms. The third-order valence-electron chi connectivity index (χ3n) is 3.67. The van der Waals surface area contributed by atoms with Gasteiger partial charge in [0.25, 0.3) is 0 Å². The Labute approximate surface area is 123 Å². The topological polar surface area (TPSA) is 47.6 Å². The van der Waals surface area contributed by atoms with Crippen molar-refractivity contribution in [3.05, 3.63) is 0 Å². The van der Waals surface area contributed by atoms with Crippen molar-refractivity contribution < 1.29 is 14.3 Å². The Bertz CT molecular complexity index is 289. The van der Waals surface area contributed by atoms with E-state index in [9.17, 15) is 4.79 Å². The molecule has 0 aromatic heterocycles. The second-order valence-corrected chi connectivity index (χ2v) is 6.30. The highest BCUT2D eigenvalue weighted by Crippen LogP contribution is 2.32. The Morgan fingerprint density at radius 3 is 2.60 bits per heavy atom. The smallest absolute Gasteiger partial charge is 0.326 e. The minimum Gasteiger partial charge on any atom is -0.465 e. The summed E-state index contributed by atoms with van der Waals surface area (Å²) in [6, 6.07) is 0.250. The third kappa shape index (κ3) is 6.71. The molecular formula is C16H31NO3. The molecule has 1 aliphatic rings. The molecule has 1 fully saturated rings. The first-order chi connectivity index (χ1) is 9.48. The van der Waals surface area contributed by atoms with Gasteiger partial charge in [-0.3, -0.25) is 10.1 Å². The quantitative estimate of drug-likeness (QED) is 0.468. The van der Waals surface area contributed by atoms with Gasteiger partial charge in [-0.2, -0.15) is 0 Å². The van der Waals surface area contributed by atoms with E-state index in [0.717, 1.165) is 32.0 Å². The molecule has 0 aliphatic heterocycles. The van der Waals surface area contributed by atoms with E-state index >= 15 is 0 Å². The zero-order valence-corrected chi connectivity index (χ0v) is 13.5. The Kier molecular flexibility index (Phi) is 7.52. The Morgan fingerprint density at radius 1 is 1.35 bits per heavy atom. The van der Waals surface area contributed by atoms with Crippen LogP contribution in [0, 0.1) is 5.92 Å². The zero-order chi connectivity index (χ0) is 15.0. The van der Waals surface area contributed by atoms with Crippen molar-refractivity contribution in [3.63, 3.8) is 0 Å². The Morgan fingerprint density at radius 2 is 2.05 bits per heavy atom. The van der Waals surface area contributed by atoms with Crippen LogP contribution in [-0.2, 0) is 14.3 Å². The van der Waals surface area contributed by atoms with Gasteiger partial charge in [0, 0.05) is 19.3 Å². The second kappa shape index (κ2) is 8.63. The number of hydrogen-bond donors (Lipinski definition) is 1. The van der Waals surface area contributed by atoms with E-state index in [0.29, 0.717) is 6.61 Å². The van der Waals surface area contributed by atoms with E-state index in [-0.39, 0.29) is 12.0 Å². The molecule has 1 unspecified atom stereocenters. The monoisotopic (exact) mass is 285 g/mol. The van der Waals surface area contributed by atoms with Gasteiger partial charge in [0.2, 0.25) is 0 Å². The van der Waals surface area contributed by atoms with Crippen molar-refractivity contribution in [2.45, 2.75) is 71.4 Å². The first kappa shape index (κ1) is 17.4. The minimum absolute atomic E-state index is 0.160. The van der Waals surface area contributed by atoms with Crippen molar-refractivity contribution in [1.82, 2.24) is 5.32 Å². The van der Waals surface area contributed by atoms with Crippen molar-refractivity contribution in [2.75, 3.05) is 19.8 Å². The molecule has 0 heterocycles. The summed E-state index contributed by atoms with van der Waals surface area (Å²) < 4.78 is 10.8. The summed E-state index contributed by atoms with van der Waals surface area (Å²) in [6.07, 6.45) is 5.57. The predicted molar refractivity (Wildman–Crippen MR) is 80.7 cm³/mol. The first-order valence-corrected chi connectivity index (χ1v) is 8.00. The van der Waals surface area contributed by atoms with Gasteiger partial charge in [0.15, 0.2) is 0 Å². The summed E-state index contributed by atoms with van der Waals surface area (Å²) in [6.45, 7) is 9.86. The average molecular weight is 285 g/mol. The number of hydrogen-bond acceptors (Lipinski definition) is 4. The second-order valence-electron chi connectivity index (χ2n) is 6.30. The van der Waals surface area contributed by atoms with E-state index < -0.39 is 5.54 Å².